The minimum absolute atomic E-state index is 0.112. The number of rotatable bonds is 10. The van der Waals surface area contributed by atoms with E-state index >= 15 is 0 Å². The molecule has 0 bridgehead atoms. The summed E-state index contributed by atoms with van der Waals surface area (Å²) in [4.78, 5) is 47.3. The van der Waals surface area contributed by atoms with Crippen molar-refractivity contribution in [1.29, 1.82) is 0 Å². The van der Waals surface area contributed by atoms with Gasteiger partial charge in [-0.1, -0.05) is 0 Å². The Morgan fingerprint density at radius 1 is 1.11 bits per heavy atom. The molecule has 0 fully saturated rings. The van der Waals surface area contributed by atoms with Crippen molar-refractivity contribution >= 4 is 40.2 Å². The SMILES string of the molecule is Nc1ncnc2c1ncn2C[C@H](CO)OCP(=O)(O)OP(=O)(O)OP(=O)(O)O. The number of nitrogens with zero attached hydrogens (tertiary/aromatic N) is 4. The molecule has 0 aromatic carbocycles. The average Bonchev–Trinajstić information content (AvgIpc) is 2.92. The highest BCUT2D eigenvalue weighted by Gasteiger charge is 2.40. The number of ether oxygens (including phenoxy) is 1. The lowest BCUT2D eigenvalue weighted by atomic mass is 10.3. The van der Waals surface area contributed by atoms with E-state index in [-0.39, 0.29) is 17.9 Å². The maximum absolute atomic E-state index is 11.8. The summed E-state index contributed by atoms with van der Waals surface area (Å²) in [6.45, 7) is -0.755. The standard InChI is InChI=1S/C9H16N5O11P3/c10-8-7-9(12-3-11-8)14(4-13-7)1-6(2-15)23-5-26(16,17)24-28(21,22)25-27(18,19)20/h3-4,6,15H,1-2,5H2,(H,16,17)(H,21,22)(H2,10,11,12)(H2,18,19,20)/t6-/m1/s1. The summed E-state index contributed by atoms with van der Waals surface area (Å²) in [5.74, 6) is 0.113. The molecule has 0 aliphatic heterocycles. The van der Waals surface area contributed by atoms with Crippen LogP contribution in [0.1, 0.15) is 0 Å². The molecule has 2 rings (SSSR count). The van der Waals surface area contributed by atoms with E-state index in [9.17, 15) is 23.7 Å². The van der Waals surface area contributed by atoms with Gasteiger partial charge in [-0.2, -0.15) is 4.31 Å². The summed E-state index contributed by atoms with van der Waals surface area (Å²) >= 11 is 0. The summed E-state index contributed by atoms with van der Waals surface area (Å²) in [6, 6.07) is 0. The molecule has 0 aliphatic carbocycles. The van der Waals surface area contributed by atoms with Crippen LogP contribution in [-0.2, 0) is 33.6 Å². The van der Waals surface area contributed by atoms with Crippen LogP contribution in [0.4, 0.5) is 5.82 Å². The van der Waals surface area contributed by atoms with Crippen LogP contribution >= 0.6 is 23.2 Å². The summed E-state index contributed by atoms with van der Waals surface area (Å²) in [5.41, 5.74) is 6.22. The largest absolute Gasteiger partial charge is 0.488 e. The van der Waals surface area contributed by atoms with Gasteiger partial charge >= 0.3 is 23.2 Å². The highest BCUT2D eigenvalue weighted by molar-refractivity contribution is 7.68. The van der Waals surface area contributed by atoms with Gasteiger partial charge < -0.3 is 39.7 Å². The van der Waals surface area contributed by atoms with Crippen molar-refractivity contribution in [3.8, 4) is 0 Å². The fourth-order valence-corrected chi connectivity index (χ4v) is 5.29. The Labute approximate surface area is 156 Å². The van der Waals surface area contributed by atoms with Crippen LogP contribution in [0.3, 0.4) is 0 Å². The Bertz CT molecular complexity index is 976. The molecule has 2 aromatic rings. The molecule has 28 heavy (non-hydrogen) atoms. The molecule has 0 aliphatic rings. The van der Waals surface area contributed by atoms with Gasteiger partial charge in [-0.3, -0.25) is 4.57 Å². The average molecular weight is 463 g/mol. The lowest BCUT2D eigenvalue weighted by molar-refractivity contribution is 0.0202. The number of nitrogen functional groups attached to an aromatic ring is 1. The zero-order chi connectivity index (χ0) is 21.2. The molecular weight excluding hydrogens is 447 g/mol. The second kappa shape index (κ2) is 8.61. The first-order chi connectivity index (χ1) is 12.8. The van der Waals surface area contributed by atoms with Crippen LogP contribution in [0.25, 0.3) is 11.2 Å². The highest BCUT2D eigenvalue weighted by atomic mass is 31.3. The van der Waals surface area contributed by atoms with Gasteiger partial charge in [-0.15, -0.1) is 0 Å². The van der Waals surface area contributed by atoms with Crippen molar-refractivity contribution in [1.82, 2.24) is 19.5 Å². The number of phosphoric acid groups is 2. The third-order valence-corrected chi connectivity index (χ3v) is 6.95. The predicted octanol–water partition coefficient (Wildman–Crippen LogP) is -0.845. The number of aliphatic hydroxyl groups is 1. The number of fused-ring (bicyclic) bond motifs is 1. The minimum Gasteiger partial charge on any atom is -0.394 e. The number of hydrogen-bond acceptors (Lipinski definition) is 11. The van der Waals surface area contributed by atoms with E-state index in [0.29, 0.717) is 5.65 Å². The molecule has 0 amide bonds. The molecule has 7 N–H and O–H groups in total. The van der Waals surface area contributed by atoms with Gasteiger partial charge in [0, 0.05) is 0 Å². The van der Waals surface area contributed by atoms with Crippen LogP contribution < -0.4 is 5.73 Å². The van der Waals surface area contributed by atoms with Crippen molar-refractivity contribution in [3.63, 3.8) is 0 Å². The molecule has 0 saturated heterocycles. The number of aromatic nitrogens is 4. The second-order valence-corrected chi connectivity index (χ2v) is 9.95. The van der Waals surface area contributed by atoms with E-state index < -0.39 is 42.3 Å². The van der Waals surface area contributed by atoms with Gasteiger partial charge in [0.15, 0.2) is 11.5 Å². The number of nitrogens with two attached hydrogens (primary N) is 1. The predicted molar refractivity (Wildman–Crippen MR) is 90.4 cm³/mol. The number of anilines is 1. The molecule has 158 valence electrons. The Kier molecular flexibility index (Phi) is 7.08. The molecular formula is C9H16N5O11P3. The smallest absolute Gasteiger partial charge is 0.394 e. The first kappa shape index (κ1) is 23.0. The summed E-state index contributed by atoms with van der Waals surface area (Å²) in [5, 5.41) is 9.37. The first-order valence-electron chi connectivity index (χ1n) is 7.08. The zero-order valence-corrected chi connectivity index (χ0v) is 16.4. The number of hydrogen-bond donors (Lipinski definition) is 6. The highest BCUT2D eigenvalue weighted by Crippen LogP contribution is 2.65. The van der Waals surface area contributed by atoms with Crippen molar-refractivity contribution in [2.75, 3.05) is 18.7 Å². The molecule has 3 atom stereocenters. The third kappa shape index (κ3) is 6.65. The van der Waals surface area contributed by atoms with Gasteiger partial charge in [0.25, 0.3) is 0 Å². The van der Waals surface area contributed by atoms with E-state index in [2.05, 4.69) is 23.6 Å². The molecule has 2 aromatic heterocycles. The second-order valence-electron chi connectivity index (χ2n) is 5.19. The van der Waals surface area contributed by atoms with Crippen molar-refractivity contribution < 1.29 is 51.7 Å². The Morgan fingerprint density at radius 3 is 2.39 bits per heavy atom. The van der Waals surface area contributed by atoms with E-state index in [1.165, 1.54) is 17.2 Å². The molecule has 2 unspecified atom stereocenters. The zero-order valence-electron chi connectivity index (χ0n) is 13.7. The normalized spacial score (nSPS) is 17.9. The fourth-order valence-electron chi connectivity index (χ4n) is 1.95. The summed E-state index contributed by atoms with van der Waals surface area (Å²) < 4.78 is 47.4. The Hall–Kier alpha value is -1.28. The number of aliphatic hydroxyl groups excluding tert-OH is 1. The van der Waals surface area contributed by atoms with Gasteiger partial charge in [-0.25, -0.2) is 28.4 Å². The van der Waals surface area contributed by atoms with E-state index in [0.717, 1.165) is 0 Å². The van der Waals surface area contributed by atoms with Crippen molar-refractivity contribution in [2.45, 2.75) is 12.6 Å². The summed E-state index contributed by atoms with van der Waals surface area (Å²) in [6.07, 6.45) is 0.183. The van der Waals surface area contributed by atoms with Crippen LogP contribution in [0.2, 0.25) is 0 Å². The van der Waals surface area contributed by atoms with Gasteiger partial charge in [-0.05, 0) is 0 Å². The van der Waals surface area contributed by atoms with E-state index in [1.54, 1.807) is 0 Å². The lowest BCUT2D eigenvalue weighted by Crippen LogP contribution is -2.24. The lowest BCUT2D eigenvalue weighted by Gasteiger charge is -2.20. The summed E-state index contributed by atoms with van der Waals surface area (Å²) in [7, 11) is -16.0. The first-order valence-corrected chi connectivity index (χ1v) is 11.9. The van der Waals surface area contributed by atoms with Gasteiger partial charge in [0.1, 0.15) is 18.2 Å². The van der Waals surface area contributed by atoms with Gasteiger partial charge in [0.2, 0.25) is 0 Å². The molecule has 19 heteroatoms. The van der Waals surface area contributed by atoms with Crippen molar-refractivity contribution in [3.05, 3.63) is 12.7 Å². The van der Waals surface area contributed by atoms with E-state index in [4.69, 9.17) is 25.2 Å². The van der Waals surface area contributed by atoms with Crippen molar-refractivity contribution in [2.24, 2.45) is 0 Å². The quantitative estimate of drug-likeness (QED) is 0.235. The molecule has 0 radical (unpaired) electrons. The molecule has 0 saturated carbocycles. The van der Waals surface area contributed by atoms with Crippen LogP contribution in [0, 0.1) is 0 Å². The monoisotopic (exact) mass is 463 g/mol. The number of imidazole rings is 1. The van der Waals surface area contributed by atoms with E-state index in [1.807, 2.05) is 0 Å². The third-order valence-electron chi connectivity index (χ3n) is 2.95. The maximum Gasteiger partial charge on any atom is 0.488 e. The van der Waals surface area contributed by atoms with Crippen LogP contribution in [0.15, 0.2) is 12.7 Å². The Morgan fingerprint density at radius 2 is 1.79 bits per heavy atom. The van der Waals surface area contributed by atoms with Crippen LogP contribution in [-0.4, -0.2) is 63.3 Å². The topological polar surface area (TPSA) is 250 Å². The Balaban J connectivity index is 2.02. The molecule has 2 heterocycles. The van der Waals surface area contributed by atoms with Crippen LogP contribution in [0.5, 0.6) is 0 Å². The fraction of sp³-hybridized carbons (Fsp3) is 0.444. The minimum atomic E-state index is -5.56. The molecule has 16 nitrogen and oxygen atoms in total. The maximum atomic E-state index is 11.8. The molecule has 0 spiro atoms. The van der Waals surface area contributed by atoms with Gasteiger partial charge in [0.05, 0.1) is 25.6 Å².